The summed E-state index contributed by atoms with van der Waals surface area (Å²) in [5, 5.41) is 9.34. The van der Waals surface area contributed by atoms with E-state index in [2.05, 4.69) is 24.3 Å². The van der Waals surface area contributed by atoms with Crippen LogP contribution in [-0.4, -0.2) is 5.78 Å². The van der Waals surface area contributed by atoms with E-state index in [1.165, 1.54) is 11.1 Å². The summed E-state index contributed by atoms with van der Waals surface area (Å²) >= 11 is 0. The van der Waals surface area contributed by atoms with E-state index in [0.717, 1.165) is 18.4 Å². The second kappa shape index (κ2) is 4.33. The molecule has 1 aromatic carbocycles. The van der Waals surface area contributed by atoms with Gasteiger partial charge in [0.25, 0.3) is 0 Å². The molecule has 0 amide bonds. The van der Waals surface area contributed by atoms with Crippen molar-refractivity contribution in [1.29, 1.82) is 5.26 Å². The molecule has 0 radical (unpaired) electrons. The molecule has 1 aliphatic rings. The first-order valence-electron chi connectivity index (χ1n) is 6.08. The fourth-order valence-electron chi connectivity index (χ4n) is 2.59. The maximum Gasteiger partial charge on any atom is 0.153 e. The second-order valence-corrected chi connectivity index (χ2v) is 5.08. The Morgan fingerprint density at radius 2 is 2.18 bits per heavy atom. The molecule has 1 fully saturated rings. The zero-order valence-electron chi connectivity index (χ0n) is 10.4. The number of ketones is 1. The summed E-state index contributed by atoms with van der Waals surface area (Å²) in [5.74, 6) is 0.126. The number of aryl methyl sites for hydroxylation is 2. The Bertz CT molecular complexity index is 498. The number of carbonyl (C=O) groups excluding carboxylic acids is 1. The number of carbonyl (C=O) groups is 1. The minimum atomic E-state index is -0.751. The summed E-state index contributed by atoms with van der Waals surface area (Å²) in [6.07, 6.45) is 2.72. The van der Waals surface area contributed by atoms with Gasteiger partial charge in [-0.05, 0) is 44.2 Å². The first kappa shape index (κ1) is 11.9. The van der Waals surface area contributed by atoms with Gasteiger partial charge in [-0.3, -0.25) is 4.79 Å². The normalized spacial score (nSPS) is 23.7. The van der Waals surface area contributed by atoms with Crippen LogP contribution in [0.1, 0.15) is 36.0 Å². The van der Waals surface area contributed by atoms with Gasteiger partial charge < -0.3 is 0 Å². The van der Waals surface area contributed by atoms with E-state index in [9.17, 15) is 10.1 Å². The van der Waals surface area contributed by atoms with E-state index >= 15 is 0 Å². The predicted octanol–water partition coefficient (Wildman–Crippen LogP) is 3.11. The molecule has 1 atom stereocenters. The Kier molecular flexibility index (Phi) is 3.02. The SMILES string of the molecule is Cc1ccc(C)c(CC2(C#N)CCCC2=O)c1. The molecule has 1 saturated carbocycles. The minimum Gasteiger partial charge on any atom is -0.298 e. The van der Waals surface area contributed by atoms with Gasteiger partial charge in [0.2, 0.25) is 0 Å². The van der Waals surface area contributed by atoms with E-state index in [4.69, 9.17) is 0 Å². The van der Waals surface area contributed by atoms with Crippen LogP contribution in [0.5, 0.6) is 0 Å². The average Bonchev–Trinajstić information content (AvgIpc) is 2.66. The second-order valence-electron chi connectivity index (χ2n) is 5.08. The molecule has 1 aromatic rings. The standard InChI is InChI=1S/C15H17NO/c1-11-5-6-12(2)13(8-11)9-15(10-16)7-3-4-14(15)17/h5-6,8H,3-4,7,9H2,1-2H3. The molecular weight excluding hydrogens is 210 g/mol. The van der Waals surface area contributed by atoms with Crippen LogP contribution in [-0.2, 0) is 11.2 Å². The van der Waals surface area contributed by atoms with Crippen molar-refractivity contribution < 1.29 is 4.79 Å². The van der Waals surface area contributed by atoms with Crippen molar-refractivity contribution in [2.24, 2.45) is 5.41 Å². The monoisotopic (exact) mass is 227 g/mol. The average molecular weight is 227 g/mol. The summed E-state index contributed by atoms with van der Waals surface area (Å²) in [6.45, 7) is 4.08. The quantitative estimate of drug-likeness (QED) is 0.779. The highest BCUT2D eigenvalue weighted by Gasteiger charge is 2.42. The molecule has 1 unspecified atom stereocenters. The first-order chi connectivity index (χ1) is 8.07. The van der Waals surface area contributed by atoms with E-state index in [1.54, 1.807) is 0 Å². The van der Waals surface area contributed by atoms with Gasteiger partial charge in [0.05, 0.1) is 6.07 Å². The Morgan fingerprint density at radius 3 is 2.76 bits per heavy atom. The number of nitriles is 1. The molecule has 2 rings (SSSR count). The smallest absolute Gasteiger partial charge is 0.153 e. The Labute approximate surface area is 102 Å². The number of hydrogen-bond acceptors (Lipinski definition) is 2. The van der Waals surface area contributed by atoms with Crippen LogP contribution in [0.2, 0.25) is 0 Å². The third kappa shape index (κ3) is 2.10. The number of hydrogen-bond donors (Lipinski definition) is 0. The molecule has 0 aromatic heterocycles. The Balaban J connectivity index is 2.34. The summed E-state index contributed by atoms with van der Waals surface area (Å²) in [6, 6.07) is 8.50. The molecule has 0 bridgehead atoms. The van der Waals surface area contributed by atoms with E-state index < -0.39 is 5.41 Å². The van der Waals surface area contributed by atoms with Crippen LogP contribution in [0.3, 0.4) is 0 Å². The van der Waals surface area contributed by atoms with Crippen LogP contribution >= 0.6 is 0 Å². The molecule has 0 heterocycles. The van der Waals surface area contributed by atoms with Crippen LogP contribution in [0.15, 0.2) is 18.2 Å². The molecule has 1 aliphatic carbocycles. The Hall–Kier alpha value is -1.62. The lowest BCUT2D eigenvalue weighted by Gasteiger charge is -2.20. The Morgan fingerprint density at radius 1 is 1.41 bits per heavy atom. The van der Waals surface area contributed by atoms with E-state index in [0.29, 0.717) is 12.8 Å². The largest absolute Gasteiger partial charge is 0.298 e. The number of Topliss-reactive ketones (excluding diaryl/α,β-unsaturated/α-hetero) is 1. The van der Waals surface area contributed by atoms with Crippen LogP contribution in [0.4, 0.5) is 0 Å². The maximum atomic E-state index is 11.9. The summed E-state index contributed by atoms with van der Waals surface area (Å²) in [5.41, 5.74) is 2.74. The third-order valence-corrected chi connectivity index (χ3v) is 3.75. The van der Waals surface area contributed by atoms with Gasteiger partial charge in [0.15, 0.2) is 5.78 Å². The van der Waals surface area contributed by atoms with Gasteiger partial charge in [-0.2, -0.15) is 5.26 Å². The lowest BCUT2D eigenvalue weighted by atomic mass is 9.79. The van der Waals surface area contributed by atoms with Gasteiger partial charge in [0.1, 0.15) is 5.41 Å². The van der Waals surface area contributed by atoms with E-state index in [1.807, 2.05) is 13.8 Å². The van der Waals surface area contributed by atoms with E-state index in [-0.39, 0.29) is 5.78 Å². The molecular formula is C15H17NO. The first-order valence-corrected chi connectivity index (χ1v) is 6.08. The molecule has 0 aliphatic heterocycles. The van der Waals surface area contributed by atoms with Crippen LogP contribution in [0.25, 0.3) is 0 Å². The van der Waals surface area contributed by atoms with Crippen molar-refractivity contribution >= 4 is 5.78 Å². The van der Waals surface area contributed by atoms with Crippen LogP contribution in [0, 0.1) is 30.6 Å². The van der Waals surface area contributed by atoms with Crippen LogP contribution < -0.4 is 0 Å². The summed E-state index contributed by atoms with van der Waals surface area (Å²) < 4.78 is 0. The number of benzene rings is 1. The fraction of sp³-hybridized carbons (Fsp3) is 0.467. The number of nitrogens with zero attached hydrogens (tertiary/aromatic N) is 1. The predicted molar refractivity (Wildman–Crippen MR) is 66.5 cm³/mol. The highest BCUT2D eigenvalue weighted by molar-refractivity contribution is 5.89. The highest BCUT2D eigenvalue weighted by Crippen LogP contribution is 2.38. The van der Waals surface area contributed by atoms with Gasteiger partial charge in [-0.15, -0.1) is 0 Å². The molecule has 2 heteroatoms. The van der Waals surface area contributed by atoms with Crippen molar-refractivity contribution in [3.05, 3.63) is 34.9 Å². The van der Waals surface area contributed by atoms with Crippen molar-refractivity contribution in [3.63, 3.8) is 0 Å². The number of rotatable bonds is 2. The topological polar surface area (TPSA) is 40.9 Å². The highest BCUT2D eigenvalue weighted by atomic mass is 16.1. The van der Waals surface area contributed by atoms with Crippen molar-refractivity contribution in [1.82, 2.24) is 0 Å². The summed E-state index contributed by atoms with van der Waals surface area (Å²) in [7, 11) is 0. The van der Waals surface area contributed by atoms with Gasteiger partial charge in [0, 0.05) is 6.42 Å². The lowest BCUT2D eigenvalue weighted by molar-refractivity contribution is -0.123. The molecule has 0 spiro atoms. The fourth-order valence-corrected chi connectivity index (χ4v) is 2.59. The van der Waals surface area contributed by atoms with Gasteiger partial charge >= 0.3 is 0 Å². The molecule has 17 heavy (non-hydrogen) atoms. The van der Waals surface area contributed by atoms with Crippen molar-refractivity contribution in [3.8, 4) is 6.07 Å². The molecule has 0 saturated heterocycles. The summed E-state index contributed by atoms with van der Waals surface area (Å²) in [4.78, 5) is 11.9. The zero-order valence-corrected chi connectivity index (χ0v) is 10.4. The van der Waals surface area contributed by atoms with Crippen molar-refractivity contribution in [2.75, 3.05) is 0 Å². The zero-order chi connectivity index (χ0) is 12.5. The van der Waals surface area contributed by atoms with Gasteiger partial charge in [-0.1, -0.05) is 23.8 Å². The third-order valence-electron chi connectivity index (χ3n) is 3.75. The van der Waals surface area contributed by atoms with Crippen molar-refractivity contribution in [2.45, 2.75) is 39.5 Å². The maximum absolute atomic E-state index is 11.9. The minimum absolute atomic E-state index is 0.126. The molecule has 88 valence electrons. The molecule has 0 N–H and O–H groups in total. The molecule has 2 nitrogen and oxygen atoms in total. The lowest BCUT2D eigenvalue weighted by Crippen LogP contribution is -2.26. The van der Waals surface area contributed by atoms with Gasteiger partial charge in [-0.25, -0.2) is 0 Å².